The van der Waals surface area contributed by atoms with Gasteiger partial charge in [-0.1, -0.05) is 0 Å². The Morgan fingerprint density at radius 1 is 1.40 bits per heavy atom. The van der Waals surface area contributed by atoms with E-state index in [2.05, 4.69) is 15.3 Å². The van der Waals surface area contributed by atoms with Gasteiger partial charge in [-0.25, -0.2) is 9.97 Å². The van der Waals surface area contributed by atoms with E-state index in [0.29, 0.717) is 18.4 Å². The fourth-order valence-corrected chi connectivity index (χ4v) is 2.56. The van der Waals surface area contributed by atoms with Crippen molar-refractivity contribution in [3.63, 3.8) is 0 Å². The number of carbonyl (C=O) groups is 1. The van der Waals surface area contributed by atoms with Crippen LogP contribution < -0.4 is 15.8 Å². The molecule has 1 heterocycles. The molecule has 20 heavy (non-hydrogen) atoms. The molecule has 1 amide bonds. The van der Waals surface area contributed by atoms with Crippen LogP contribution in [0, 0.1) is 11.8 Å². The van der Waals surface area contributed by atoms with E-state index in [4.69, 9.17) is 10.5 Å². The lowest BCUT2D eigenvalue weighted by molar-refractivity contribution is -0.122. The van der Waals surface area contributed by atoms with E-state index in [-0.39, 0.29) is 11.8 Å². The Hall–Kier alpha value is -1.85. The lowest BCUT2D eigenvalue weighted by atomic mass is 9.81. The molecule has 1 aliphatic carbocycles. The van der Waals surface area contributed by atoms with Gasteiger partial charge in [-0.2, -0.15) is 0 Å². The van der Waals surface area contributed by atoms with Crippen molar-refractivity contribution in [1.29, 1.82) is 0 Å². The molecule has 6 heteroatoms. The summed E-state index contributed by atoms with van der Waals surface area (Å²) in [6, 6.07) is 1.80. The van der Waals surface area contributed by atoms with Gasteiger partial charge in [-0.3, -0.25) is 4.79 Å². The van der Waals surface area contributed by atoms with Gasteiger partial charge in [0, 0.05) is 18.5 Å². The fourth-order valence-electron chi connectivity index (χ4n) is 2.56. The second-order valence-corrected chi connectivity index (χ2v) is 5.18. The van der Waals surface area contributed by atoms with Gasteiger partial charge in [0.2, 0.25) is 11.8 Å². The number of carbonyl (C=O) groups excluding carboxylic acids is 1. The Kier molecular flexibility index (Phi) is 5.15. The maximum absolute atomic E-state index is 11.1. The molecule has 1 saturated carbocycles. The van der Waals surface area contributed by atoms with Crippen molar-refractivity contribution >= 4 is 11.7 Å². The van der Waals surface area contributed by atoms with Gasteiger partial charge >= 0.3 is 0 Å². The second kappa shape index (κ2) is 7.07. The monoisotopic (exact) mass is 278 g/mol. The molecule has 0 unspecified atom stereocenters. The van der Waals surface area contributed by atoms with Crippen molar-refractivity contribution in [3.05, 3.63) is 12.4 Å². The quantitative estimate of drug-likeness (QED) is 0.824. The first-order valence-electron chi connectivity index (χ1n) is 7.17. The summed E-state index contributed by atoms with van der Waals surface area (Å²) >= 11 is 0. The Balaban J connectivity index is 1.78. The van der Waals surface area contributed by atoms with Crippen LogP contribution in [0.5, 0.6) is 5.88 Å². The van der Waals surface area contributed by atoms with Crippen molar-refractivity contribution < 1.29 is 9.53 Å². The lowest BCUT2D eigenvalue weighted by Gasteiger charge is -2.26. The van der Waals surface area contributed by atoms with Crippen molar-refractivity contribution in [1.82, 2.24) is 9.97 Å². The molecule has 0 saturated heterocycles. The van der Waals surface area contributed by atoms with Crippen molar-refractivity contribution in [2.24, 2.45) is 17.6 Å². The predicted molar refractivity (Wildman–Crippen MR) is 76.3 cm³/mol. The van der Waals surface area contributed by atoms with Gasteiger partial charge < -0.3 is 15.8 Å². The van der Waals surface area contributed by atoms with Crippen LogP contribution in [0.15, 0.2) is 12.4 Å². The number of nitrogens with two attached hydrogens (primary N) is 1. The van der Waals surface area contributed by atoms with Gasteiger partial charge in [-0.15, -0.1) is 0 Å². The Morgan fingerprint density at radius 2 is 2.15 bits per heavy atom. The number of aromatic nitrogens is 2. The van der Waals surface area contributed by atoms with Crippen LogP contribution in [0.4, 0.5) is 5.82 Å². The molecule has 3 N–H and O–H groups in total. The third kappa shape index (κ3) is 4.08. The molecule has 1 aliphatic rings. The molecule has 1 aromatic rings. The molecule has 0 spiro atoms. The molecule has 0 atom stereocenters. The zero-order valence-electron chi connectivity index (χ0n) is 11.8. The topological polar surface area (TPSA) is 90.1 Å². The number of hydrogen-bond donors (Lipinski definition) is 2. The number of rotatable bonds is 6. The highest BCUT2D eigenvalue weighted by Crippen LogP contribution is 2.28. The van der Waals surface area contributed by atoms with Crippen LogP contribution in [-0.2, 0) is 4.79 Å². The summed E-state index contributed by atoms with van der Waals surface area (Å²) in [5, 5.41) is 3.31. The average Bonchev–Trinajstić information content (AvgIpc) is 2.46. The summed E-state index contributed by atoms with van der Waals surface area (Å²) in [4.78, 5) is 19.3. The smallest absolute Gasteiger partial charge is 0.220 e. The van der Waals surface area contributed by atoms with E-state index in [0.717, 1.165) is 38.0 Å². The normalized spacial score (nSPS) is 22.2. The average molecular weight is 278 g/mol. The number of nitrogens with zero attached hydrogens (tertiary/aromatic N) is 2. The summed E-state index contributed by atoms with van der Waals surface area (Å²) in [5.41, 5.74) is 5.34. The predicted octanol–water partition coefficient (Wildman–Crippen LogP) is 1.58. The highest BCUT2D eigenvalue weighted by Gasteiger charge is 2.24. The first kappa shape index (κ1) is 14.6. The molecule has 2 rings (SSSR count). The second-order valence-electron chi connectivity index (χ2n) is 5.18. The maximum atomic E-state index is 11.1. The van der Waals surface area contributed by atoms with Gasteiger partial charge in [0.15, 0.2) is 0 Å². The summed E-state index contributed by atoms with van der Waals surface area (Å²) in [6.07, 6.45) is 5.36. The van der Waals surface area contributed by atoms with Gasteiger partial charge in [0.05, 0.1) is 6.61 Å². The van der Waals surface area contributed by atoms with Crippen LogP contribution in [0.1, 0.15) is 32.6 Å². The van der Waals surface area contributed by atoms with E-state index in [1.807, 2.05) is 6.92 Å². The highest BCUT2D eigenvalue weighted by molar-refractivity contribution is 5.76. The largest absolute Gasteiger partial charge is 0.478 e. The fraction of sp³-hybridized carbons (Fsp3) is 0.643. The Labute approximate surface area is 119 Å². The molecule has 110 valence electrons. The summed E-state index contributed by atoms with van der Waals surface area (Å²) in [7, 11) is 0. The minimum Gasteiger partial charge on any atom is -0.478 e. The number of amides is 1. The zero-order chi connectivity index (χ0) is 14.4. The molecule has 0 bridgehead atoms. The molecule has 1 aromatic heterocycles. The third-order valence-corrected chi connectivity index (χ3v) is 3.76. The standard InChI is InChI=1S/C14H22N4O2/c1-2-20-13-7-12(17-9-18-13)16-8-10-3-5-11(6-4-10)14(15)19/h7,9-11H,2-6,8H2,1H3,(H2,15,19)(H,16,17,18). The minimum atomic E-state index is -0.159. The van der Waals surface area contributed by atoms with Crippen molar-refractivity contribution in [3.8, 4) is 5.88 Å². The maximum Gasteiger partial charge on any atom is 0.220 e. The number of nitrogens with one attached hydrogen (secondary N) is 1. The van der Waals surface area contributed by atoms with Gasteiger partial charge in [-0.05, 0) is 38.5 Å². The summed E-state index contributed by atoms with van der Waals surface area (Å²) in [5.74, 6) is 1.84. The van der Waals surface area contributed by atoms with E-state index >= 15 is 0 Å². The molecular weight excluding hydrogens is 256 g/mol. The SMILES string of the molecule is CCOc1cc(NCC2CCC(C(N)=O)CC2)ncn1. The van der Waals surface area contributed by atoms with E-state index in [1.54, 1.807) is 6.07 Å². The minimum absolute atomic E-state index is 0.0647. The van der Waals surface area contributed by atoms with Crippen molar-refractivity contribution in [2.75, 3.05) is 18.5 Å². The number of primary amides is 1. The molecule has 0 aromatic carbocycles. The molecule has 1 fully saturated rings. The Morgan fingerprint density at radius 3 is 2.80 bits per heavy atom. The molecule has 0 radical (unpaired) electrons. The van der Waals surface area contributed by atoms with E-state index < -0.39 is 0 Å². The summed E-state index contributed by atoms with van der Waals surface area (Å²) < 4.78 is 5.34. The first-order chi connectivity index (χ1) is 9.69. The van der Waals surface area contributed by atoms with E-state index in [9.17, 15) is 4.79 Å². The number of ether oxygens (including phenoxy) is 1. The van der Waals surface area contributed by atoms with Crippen LogP contribution in [0.25, 0.3) is 0 Å². The van der Waals surface area contributed by atoms with Crippen LogP contribution in [0.3, 0.4) is 0 Å². The van der Waals surface area contributed by atoms with Crippen LogP contribution in [-0.4, -0.2) is 29.0 Å². The molecule has 0 aliphatic heterocycles. The van der Waals surface area contributed by atoms with Crippen LogP contribution in [0.2, 0.25) is 0 Å². The van der Waals surface area contributed by atoms with Crippen molar-refractivity contribution in [2.45, 2.75) is 32.6 Å². The first-order valence-corrected chi connectivity index (χ1v) is 7.17. The van der Waals surface area contributed by atoms with Gasteiger partial charge in [0.25, 0.3) is 0 Å². The Bertz CT molecular complexity index is 445. The zero-order valence-corrected chi connectivity index (χ0v) is 11.8. The molecular formula is C14H22N4O2. The molecule has 6 nitrogen and oxygen atoms in total. The third-order valence-electron chi connectivity index (χ3n) is 3.76. The van der Waals surface area contributed by atoms with Crippen LogP contribution >= 0.6 is 0 Å². The highest BCUT2D eigenvalue weighted by atomic mass is 16.5. The number of anilines is 1. The van der Waals surface area contributed by atoms with E-state index in [1.165, 1.54) is 6.33 Å². The number of hydrogen-bond acceptors (Lipinski definition) is 5. The lowest BCUT2D eigenvalue weighted by Crippen LogP contribution is -2.29. The summed E-state index contributed by atoms with van der Waals surface area (Å²) in [6.45, 7) is 3.37. The van der Waals surface area contributed by atoms with Gasteiger partial charge in [0.1, 0.15) is 12.1 Å².